The minimum Gasteiger partial charge on any atom is -0.497 e. The Balaban J connectivity index is 1.96. The molecule has 0 spiro atoms. The van der Waals surface area contributed by atoms with Gasteiger partial charge >= 0.3 is 11.9 Å². The largest absolute Gasteiger partial charge is 0.497 e. The number of rotatable bonds is 9. The monoisotopic (exact) mass is 517 g/mol. The van der Waals surface area contributed by atoms with Crippen LogP contribution in [-0.4, -0.2) is 70.0 Å². The van der Waals surface area contributed by atoms with Crippen molar-refractivity contribution in [3.8, 4) is 17.0 Å². The van der Waals surface area contributed by atoms with E-state index >= 15 is 0 Å². The standard InChI is InChI=1S/C26H35N3O8/c1-15(30)11-20-23(34-16(2)31)24(35-17(3)32)22(36-25(20)37-26(4,5)6)14-29-13-21(27-28-29)18-9-8-10-19(12-18)33-7/h8-10,12-13,20,22-25H,11,14H2,1-7H3/t20-,22?,23-,24+,25?/m1/s1. The van der Waals surface area contributed by atoms with Crippen LogP contribution < -0.4 is 4.74 Å². The SMILES string of the molecule is COc1cccc(-c2cn(CC3OC(OC(C)(C)C)[C@H](CC(C)=O)[C@@H](OC(C)=O)[C@H]3OC(C)=O)nn2)c1. The van der Waals surface area contributed by atoms with Crippen LogP contribution >= 0.6 is 0 Å². The Morgan fingerprint density at radius 2 is 1.73 bits per heavy atom. The van der Waals surface area contributed by atoms with Crippen molar-refractivity contribution in [2.24, 2.45) is 5.92 Å². The number of aromatic nitrogens is 3. The summed E-state index contributed by atoms with van der Waals surface area (Å²) < 4.78 is 30.6. The zero-order valence-electron chi connectivity index (χ0n) is 22.3. The number of carbonyl (C=O) groups is 3. The van der Waals surface area contributed by atoms with Crippen LogP contribution in [0.5, 0.6) is 5.75 Å². The predicted molar refractivity (Wildman–Crippen MR) is 131 cm³/mol. The number of hydrogen-bond acceptors (Lipinski definition) is 10. The summed E-state index contributed by atoms with van der Waals surface area (Å²) in [5, 5.41) is 8.46. The first-order chi connectivity index (χ1) is 17.4. The molecule has 5 atom stereocenters. The lowest BCUT2D eigenvalue weighted by atomic mass is 9.86. The highest BCUT2D eigenvalue weighted by Gasteiger charge is 2.51. The third kappa shape index (κ3) is 7.83. The fourth-order valence-corrected chi connectivity index (χ4v) is 4.28. The van der Waals surface area contributed by atoms with Crippen LogP contribution in [0.3, 0.4) is 0 Å². The number of carbonyl (C=O) groups excluding carboxylic acids is 3. The van der Waals surface area contributed by atoms with Gasteiger partial charge in [-0.15, -0.1) is 5.10 Å². The van der Waals surface area contributed by atoms with Gasteiger partial charge in [-0.2, -0.15) is 0 Å². The predicted octanol–water partition coefficient (Wildman–Crippen LogP) is 2.95. The van der Waals surface area contributed by atoms with Gasteiger partial charge in [0.2, 0.25) is 0 Å². The molecule has 0 bridgehead atoms. The van der Waals surface area contributed by atoms with Gasteiger partial charge in [0.1, 0.15) is 29.4 Å². The van der Waals surface area contributed by atoms with E-state index in [1.807, 2.05) is 45.0 Å². The minimum atomic E-state index is -1.00. The highest BCUT2D eigenvalue weighted by atomic mass is 16.7. The average molecular weight is 518 g/mol. The quantitative estimate of drug-likeness (QED) is 0.458. The van der Waals surface area contributed by atoms with Gasteiger partial charge < -0.3 is 28.5 Å². The fraction of sp³-hybridized carbons (Fsp3) is 0.577. The van der Waals surface area contributed by atoms with Crippen molar-refractivity contribution in [3.05, 3.63) is 30.5 Å². The first-order valence-electron chi connectivity index (χ1n) is 12.1. The molecular formula is C26H35N3O8. The third-order valence-corrected chi connectivity index (χ3v) is 5.64. The number of hydrogen-bond donors (Lipinski definition) is 0. The number of ketones is 1. The third-order valence-electron chi connectivity index (χ3n) is 5.64. The number of nitrogens with zero attached hydrogens (tertiary/aromatic N) is 3. The van der Waals surface area contributed by atoms with E-state index in [2.05, 4.69) is 10.3 Å². The Bertz CT molecular complexity index is 1110. The maximum absolute atomic E-state index is 12.1. The molecule has 2 unspecified atom stereocenters. The molecule has 0 radical (unpaired) electrons. The maximum Gasteiger partial charge on any atom is 0.303 e. The summed E-state index contributed by atoms with van der Waals surface area (Å²) in [5.41, 5.74) is 0.777. The summed E-state index contributed by atoms with van der Waals surface area (Å²) in [5.74, 6) is -1.31. The molecule has 1 aliphatic rings. The van der Waals surface area contributed by atoms with E-state index in [1.54, 1.807) is 18.0 Å². The second-order valence-corrected chi connectivity index (χ2v) is 10.0. The van der Waals surface area contributed by atoms with Crippen molar-refractivity contribution in [1.82, 2.24) is 15.0 Å². The van der Waals surface area contributed by atoms with Gasteiger partial charge in [-0.1, -0.05) is 17.3 Å². The lowest BCUT2D eigenvalue weighted by molar-refractivity contribution is -0.308. The van der Waals surface area contributed by atoms with E-state index in [4.69, 9.17) is 23.7 Å². The summed E-state index contributed by atoms with van der Waals surface area (Å²) in [6.45, 7) is 9.63. The molecule has 11 heteroatoms. The van der Waals surface area contributed by atoms with Crippen molar-refractivity contribution < 1.29 is 38.1 Å². The van der Waals surface area contributed by atoms with Gasteiger partial charge in [0.05, 0.1) is 31.4 Å². The Morgan fingerprint density at radius 3 is 2.32 bits per heavy atom. The molecule has 0 N–H and O–H groups in total. The second kappa shape index (κ2) is 11.8. The van der Waals surface area contributed by atoms with Gasteiger partial charge in [0, 0.05) is 25.8 Å². The molecule has 37 heavy (non-hydrogen) atoms. The number of benzene rings is 1. The smallest absolute Gasteiger partial charge is 0.303 e. The molecule has 1 saturated heterocycles. The maximum atomic E-state index is 12.1. The Morgan fingerprint density at radius 1 is 1.05 bits per heavy atom. The van der Waals surface area contributed by atoms with Crippen molar-refractivity contribution in [1.29, 1.82) is 0 Å². The Labute approximate surface area is 216 Å². The number of esters is 2. The molecule has 2 aromatic rings. The molecule has 2 heterocycles. The highest BCUT2D eigenvalue weighted by Crippen LogP contribution is 2.36. The molecule has 1 aromatic heterocycles. The molecule has 0 amide bonds. The van der Waals surface area contributed by atoms with Crippen molar-refractivity contribution in [2.75, 3.05) is 7.11 Å². The second-order valence-electron chi connectivity index (χ2n) is 10.0. The van der Waals surface area contributed by atoms with Crippen LogP contribution in [0.15, 0.2) is 30.5 Å². The van der Waals surface area contributed by atoms with Crippen LogP contribution in [0.25, 0.3) is 11.3 Å². The van der Waals surface area contributed by atoms with Gasteiger partial charge in [-0.05, 0) is 39.8 Å². The van der Waals surface area contributed by atoms with E-state index in [-0.39, 0.29) is 18.7 Å². The summed E-state index contributed by atoms with van der Waals surface area (Å²) in [6, 6.07) is 7.40. The average Bonchev–Trinajstić information content (AvgIpc) is 3.25. The number of methoxy groups -OCH3 is 1. The summed E-state index contributed by atoms with van der Waals surface area (Å²) >= 11 is 0. The molecule has 1 fully saturated rings. The summed E-state index contributed by atoms with van der Waals surface area (Å²) in [6.07, 6.45) is -1.97. The van der Waals surface area contributed by atoms with E-state index in [0.29, 0.717) is 11.4 Å². The molecule has 1 aliphatic heterocycles. The van der Waals surface area contributed by atoms with Crippen molar-refractivity contribution >= 4 is 17.7 Å². The van der Waals surface area contributed by atoms with Crippen molar-refractivity contribution in [2.45, 2.75) is 84.7 Å². The molecular weight excluding hydrogens is 482 g/mol. The molecule has 0 saturated carbocycles. The van der Waals surface area contributed by atoms with Gasteiger partial charge in [0.15, 0.2) is 12.4 Å². The minimum absolute atomic E-state index is 0.00644. The first kappa shape index (κ1) is 28.3. The summed E-state index contributed by atoms with van der Waals surface area (Å²) in [4.78, 5) is 36.3. The van der Waals surface area contributed by atoms with Crippen LogP contribution in [0.4, 0.5) is 0 Å². The Hall–Kier alpha value is -3.31. The molecule has 0 aliphatic carbocycles. The van der Waals surface area contributed by atoms with E-state index in [0.717, 1.165) is 5.56 Å². The van der Waals surface area contributed by atoms with Crippen LogP contribution in [0.2, 0.25) is 0 Å². The zero-order valence-corrected chi connectivity index (χ0v) is 22.3. The number of Topliss-reactive ketones (excluding diaryl/α,β-unsaturated/α-hetero) is 1. The van der Waals surface area contributed by atoms with E-state index in [9.17, 15) is 14.4 Å². The van der Waals surface area contributed by atoms with E-state index in [1.165, 1.54) is 20.8 Å². The number of ether oxygens (including phenoxy) is 5. The molecule has 1 aromatic carbocycles. The van der Waals surface area contributed by atoms with Gasteiger partial charge in [0.25, 0.3) is 0 Å². The lowest BCUT2D eigenvalue weighted by Crippen LogP contribution is -2.60. The lowest BCUT2D eigenvalue weighted by Gasteiger charge is -2.46. The van der Waals surface area contributed by atoms with Gasteiger partial charge in [-0.3, -0.25) is 9.59 Å². The highest BCUT2D eigenvalue weighted by molar-refractivity contribution is 5.76. The van der Waals surface area contributed by atoms with Crippen LogP contribution in [0.1, 0.15) is 48.0 Å². The normalized spacial score (nSPS) is 23.8. The van der Waals surface area contributed by atoms with Crippen LogP contribution in [0, 0.1) is 5.92 Å². The molecule has 202 valence electrons. The van der Waals surface area contributed by atoms with E-state index < -0.39 is 48.1 Å². The summed E-state index contributed by atoms with van der Waals surface area (Å²) in [7, 11) is 1.58. The first-order valence-corrected chi connectivity index (χ1v) is 12.1. The fourth-order valence-electron chi connectivity index (χ4n) is 4.28. The molecule has 11 nitrogen and oxygen atoms in total. The Kier molecular flexibility index (Phi) is 9.03. The van der Waals surface area contributed by atoms with Crippen LogP contribution in [-0.2, 0) is 39.9 Å². The zero-order chi connectivity index (χ0) is 27.3. The molecule has 3 rings (SSSR count). The van der Waals surface area contributed by atoms with Crippen molar-refractivity contribution in [3.63, 3.8) is 0 Å². The van der Waals surface area contributed by atoms with Gasteiger partial charge in [-0.25, -0.2) is 4.68 Å². The topological polar surface area (TPSA) is 128 Å².